The molecule has 1 aromatic heterocycles. The first-order valence-corrected chi connectivity index (χ1v) is 8.80. The molecular weight excluding hydrogens is 369 g/mol. The van der Waals surface area contributed by atoms with E-state index in [2.05, 4.69) is 15.5 Å². The first kappa shape index (κ1) is 19.1. The summed E-state index contributed by atoms with van der Waals surface area (Å²) in [6.07, 6.45) is 1.39. The number of hydrogen-bond donors (Lipinski definition) is 1. The van der Waals surface area contributed by atoms with Crippen LogP contribution in [0.3, 0.4) is 0 Å². The average molecular weight is 386 g/mol. The van der Waals surface area contributed by atoms with Crippen molar-refractivity contribution < 1.29 is 18.7 Å². The zero-order valence-electron chi connectivity index (χ0n) is 13.7. The molecule has 9 heteroatoms. The van der Waals surface area contributed by atoms with Crippen LogP contribution in [0, 0.1) is 5.82 Å². The number of halogens is 2. The predicted octanol–water partition coefficient (Wildman–Crippen LogP) is 3.89. The molecule has 0 fully saturated rings. The fourth-order valence-corrected chi connectivity index (χ4v) is 2.76. The van der Waals surface area contributed by atoms with E-state index in [1.165, 1.54) is 23.6 Å². The highest BCUT2D eigenvalue weighted by Crippen LogP contribution is 2.29. The number of benzene rings is 1. The molecule has 0 radical (unpaired) electrons. The van der Waals surface area contributed by atoms with Gasteiger partial charge in [-0.25, -0.2) is 9.37 Å². The largest absolute Gasteiger partial charge is 0.492 e. The van der Waals surface area contributed by atoms with Gasteiger partial charge in [-0.15, -0.1) is 11.3 Å². The number of esters is 1. The van der Waals surface area contributed by atoms with Crippen LogP contribution in [-0.2, 0) is 16.0 Å². The fourth-order valence-electron chi connectivity index (χ4n) is 1.87. The number of aromatic nitrogens is 1. The quantitative estimate of drug-likeness (QED) is 0.424. The van der Waals surface area contributed by atoms with Crippen LogP contribution in [0.2, 0.25) is 5.02 Å². The highest BCUT2D eigenvalue weighted by atomic mass is 35.5. The van der Waals surface area contributed by atoms with Crippen LogP contribution in [0.25, 0.3) is 0 Å². The van der Waals surface area contributed by atoms with Crippen LogP contribution >= 0.6 is 22.9 Å². The summed E-state index contributed by atoms with van der Waals surface area (Å²) in [6, 6.07) is 3.10. The number of thiazole rings is 1. The van der Waals surface area contributed by atoms with E-state index < -0.39 is 5.82 Å². The van der Waals surface area contributed by atoms with Gasteiger partial charge in [-0.1, -0.05) is 11.6 Å². The first-order valence-electron chi connectivity index (χ1n) is 7.55. The van der Waals surface area contributed by atoms with Crippen molar-refractivity contribution in [2.45, 2.75) is 20.3 Å². The molecule has 1 aromatic carbocycles. The van der Waals surface area contributed by atoms with Crippen LogP contribution in [0.1, 0.15) is 25.1 Å². The van der Waals surface area contributed by atoms with Crippen molar-refractivity contribution in [1.82, 2.24) is 4.98 Å². The number of anilines is 1. The molecule has 0 aliphatic rings. The van der Waals surface area contributed by atoms with E-state index >= 15 is 0 Å². The second-order valence-electron chi connectivity index (χ2n) is 4.71. The number of hydrazone groups is 1. The zero-order valence-corrected chi connectivity index (χ0v) is 15.3. The molecular formula is C16H17ClFN3O3S. The zero-order chi connectivity index (χ0) is 18.2. The summed E-state index contributed by atoms with van der Waals surface area (Å²) in [5, 5.41) is 6.05. The van der Waals surface area contributed by atoms with Gasteiger partial charge in [0, 0.05) is 10.9 Å². The van der Waals surface area contributed by atoms with Crippen LogP contribution in [0.15, 0.2) is 22.6 Å². The Morgan fingerprint density at radius 2 is 2.24 bits per heavy atom. The Bertz CT molecular complexity index is 767. The number of ether oxygens (including phenoxy) is 2. The van der Waals surface area contributed by atoms with Gasteiger partial charge in [0.15, 0.2) is 5.82 Å². The molecule has 2 rings (SSSR count). The first-order chi connectivity index (χ1) is 12.0. The Morgan fingerprint density at radius 1 is 1.44 bits per heavy atom. The van der Waals surface area contributed by atoms with Crippen molar-refractivity contribution in [2.75, 3.05) is 18.6 Å². The number of hydrogen-bond acceptors (Lipinski definition) is 7. The third-order valence-corrected chi connectivity index (χ3v) is 4.07. The van der Waals surface area contributed by atoms with Crippen LogP contribution in [0.5, 0.6) is 5.75 Å². The van der Waals surface area contributed by atoms with Crippen molar-refractivity contribution in [3.05, 3.63) is 39.6 Å². The lowest BCUT2D eigenvalue weighted by atomic mass is 10.2. The van der Waals surface area contributed by atoms with E-state index in [-0.39, 0.29) is 28.7 Å². The summed E-state index contributed by atoms with van der Waals surface area (Å²) < 4.78 is 24.2. The maximum atomic E-state index is 14.1. The molecule has 0 amide bonds. The Balaban J connectivity index is 1.98. The van der Waals surface area contributed by atoms with Gasteiger partial charge in [0.05, 0.1) is 31.5 Å². The number of nitrogens with one attached hydrogen (secondary N) is 1. The summed E-state index contributed by atoms with van der Waals surface area (Å²) in [7, 11) is 0. The van der Waals surface area contributed by atoms with Gasteiger partial charge in [0.1, 0.15) is 10.8 Å². The number of carbonyl (C=O) groups is 1. The molecule has 0 unspecified atom stereocenters. The van der Waals surface area contributed by atoms with Crippen LogP contribution in [0.4, 0.5) is 9.52 Å². The number of rotatable bonds is 8. The van der Waals surface area contributed by atoms with Crippen LogP contribution < -0.4 is 10.2 Å². The molecule has 1 N–H and O–H groups in total. The van der Waals surface area contributed by atoms with Gasteiger partial charge in [-0.2, -0.15) is 5.10 Å². The van der Waals surface area contributed by atoms with Gasteiger partial charge in [0.25, 0.3) is 0 Å². The average Bonchev–Trinajstić information content (AvgIpc) is 3.01. The Labute approximate surface area is 153 Å². The van der Waals surface area contributed by atoms with Crippen molar-refractivity contribution in [3.63, 3.8) is 0 Å². The minimum Gasteiger partial charge on any atom is -0.492 e. The standard InChI is InChI=1S/C16H17ClFN3O3S/c1-3-23-12-6-5-10(15(18)14(12)17)8-19-21-16-20-11(9-25-16)7-13(22)24-4-2/h5-6,8-9H,3-4,7H2,1-2H3,(H,20,21). The SMILES string of the molecule is CCOC(=O)Cc1csc(NN=Cc2ccc(OCC)c(Cl)c2F)n1. The van der Waals surface area contributed by atoms with E-state index in [1.54, 1.807) is 25.3 Å². The second-order valence-corrected chi connectivity index (χ2v) is 5.95. The minimum absolute atomic E-state index is 0.0863. The lowest BCUT2D eigenvalue weighted by Gasteiger charge is -2.07. The molecule has 0 bridgehead atoms. The second kappa shape index (κ2) is 9.33. The molecule has 0 saturated heterocycles. The fraction of sp³-hybridized carbons (Fsp3) is 0.312. The molecule has 2 aromatic rings. The summed E-state index contributed by atoms with van der Waals surface area (Å²) >= 11 is 7.19. The van der Waals surface area contributed by atoms with Crippen molar-refractivity contribution in [3.8, 4) is 5.75 Å². The summed E-state index contributed by atoms with van der Waals surface area (Å²) in [4.78, 5) is 15.6. The minimum atomic E-state index is -0.611. The Kier molecular flexibility index (Phi) is 7.15. The van der Waals surface area contributed by atoms with E-state index in [1.807, 2.05) is 0 Å². The molecule has 0 atom stereocenters. The lowest BCUT2D eigenvalue weighted by molar-refractivity contribution is -0.142. The van der Waals surface area contributed by atoms with Gasteiger partial charge in [-0.3, -0.25) is 10.2 Å². The molecule has 0 saturated carbocycles. The Hall–Kier alpha value is -2.19. The van der Waals surface area contributed by atoms with E-state index in [9.17, 15) is 9.18 Å². The van der Waals surface area contributed by atoms with Gasteiger partial charge in [0.2, 0.25) is 5.13 Å². The van der Waals surface area contributed by atoms with Crippen molar-refractivity contribution >= 4 is 40.3 Å². The molecule has 25 heavy (non-hydrogen) atoms. The highest BCUT2D eigenvalue weighted by molar-refractivity contribution is 7.13. The smallest absolute Gasteiger partial charge is 0.311 e. The monoisotopic (exact) mass is 385 g/mol. The maximum absolute atomic E-state index is 14.1. The number of carbonyl (C=O) groups excluding carboxylic acids is 1. The third-order valence-electron chi connectivity index (χ3n) is 2.92. The normalized spacial score (nSPS) is 10.9. The summed E-state index contributed by atoms with van der Waals surface area (Å²) in [5.41, 5.74) is 3.48. The van der Waals surface area contributed by atoms with Crippen LogP contribution in [-0.4, -0.2) is 30.4 Å². The van der Waals surface area contributed by atoms with Gasteiger partial charge < -0.3 is 9.47 Å². The van der Waals surface area contributed by atoms with E-state index in [0.717, 1.165) is 0 Å². The topological polar surface area (TPSA) is 72.8 Å². The molecule has 0 aliphatic heterocycles. The molecule has 6 nitrogen and oxygen atoms in total. The van der Waals surface area contributed by atoms with E-state index in [0.29, 0.717) is 24.0 Å². The molecule has 0 spiro atoms. The summed E-state index contributed by atoms with van der Waals surface area (Å²) in [6.45, 7) is 4.26. The summed E-state index contributed by atoms with van der Waals surface area (Å²) in [5.74, 6) is -0.662. The Morgan fingerprint density at radius 3 is 2.96 bits per heavy atom. The lowest BCUT2D eigenvalue weighted by Crippen LogP contribution is -2.07. The number of nitrogens with zero attached hydrogens (tertiary/aromatic N) is 2. The predicted molar refractivity (Wildman–Crippen MR) is 96.2 cm³/mol. The molecule has 134 valence electrons. The maximum Gasteiger partial charge on any atom is 0.311 e. The van der Waals surface area contributed by atoms with Crippen molar-refractivity contribution in [2.24, 2.45) is 5.10 Å². The van der Waals surface area contributed by atoms with Crippen molar-refractivity contribution in [1.29, 1.82) is 0 Å². The molecule has 0 aliphatic carbocycles. The highest BCUT2D eigenvalue weighted by Gasteiger charge is 2.11. The van der Waals surface area contributed by atoms with Gasteiger partial charge >= 0.3 is 5.97 Å². The van der Waals surface area contributed by atoms with E-state index in [4.69, 9.17) is 21.1 Å². The molecule has 1 heterocycles. The third kappa shape index (κ3) is 5.40. The van der Waals surface area contributed by atoms with Gasteiger partial charge in [-0.05, 0) is 26.0 Å².